The number of carbonyl (C=O) groups excluding carboxylic acids is 3. The molecule has 214 valence electrons. The summed E-state index contributed by atoms with van der Waals surface area (Å²) in [6.45, 7) is 15.4. The van der Waals surface area contributed by atoms with Crippen LogP contribution in [0.4, 0.5) is 10.5 Å². The number of nitrogens with zero attached hydrogens (tertiary/aromatic N) is 1. The zero-order valence-corrected chi connectivity index (χ0v) is 24.6. The Hall–Kier alpha value is -3.55. The molecule has 0 aliphatic heterocycles. The standard InChI is InChI=1S/C31H45N3O5/c1-9-10-18-34(29(37)25(19-20(2)3)32-30(38)39-31(6,7)8)27(23-14-16-24(35)17-15-23)28(36)33-26-21(4)12-11-13-22(26)5/h11-17,20,25,27,35H,9-10,18-19H2,1-8H3,(H,32,38)(H,33,36). The number of hydrogen-bond donors (Lipinski definition) is 3. The summed E-state index contributed by atoms with van der Waals surface area (Å²) in [5.74, 6) is -0.582. The molecule has 39 heavy (non-hydrogen) atoms. The van der Waals surface area contributed by atoms with Crippen LogP contribution < -0.4 is 10.6 Å². The summed E-state index contributed by atoms with van der Waals surface area (Å²) in [6.07, 6.45) is 1.16. The summed E-state index contributed by atoms with van der Waals surface area (Å²) in [4.78, 5) is 42.4. The molecule has 2 atom stereocenters. The van der Waals surface area contributed by atoms with Crippen LogP contribution in [0.25, 0.3) is 0 Å². The van der Waals surface area contributed by atoms with Crippen LogP contribution in [0, 0.1) is 19.8 Å². The van der Waals surface area contributed by atoms with Gasteiger partial charge in [0.05, 0.1) is 0 Å². The molecule has 2 unspecified atom stereocenters. The molecule has 0 aromatic heterocycles. The van der Waals surface area contributed by atoms with E-state index in [1.54, 1.807) is 37.8 Å². The number of phenols is 1. The number of anilines is 1. The summed E-state index contributed by atoms with van der Waals surface area (Å²) in [5.41, 5.74) is 2.34. The molecule has 0 saturated carbocycles. The summed E-state index contributed by atoms with van der Waals surface area (Å²) in [5, 5.41) is 15.7. The van der Waals surface area contributed by atoms with E-state index < -0.39 is 23.8 Å². The lowest BCUT2D eigenvalue weighted by atomic mass is 9.98. The third kappa shape index (κ3) is 9.61. The van der Waals surface area contributed by atoms with Crippen LogP contribution in [0.15, 0.2) is 42.5 Å². The number of hydrogen-bond acceptors (Lipinski definition) is 5. The van der Waals surface area contributed by atoms with E-state index in [9.17, 15) is 19.5 Å². The number of benzene rings is 2. The molecule has 2 rings (SSSR count). The highest BCUT2D eigenvalue weighted by Crippen LogP contribution is 2.29. The molecular formula is C31H45N3O5. The Morgan fingerprint density at radius 1 is 1.00 bits per heavy atom. The van der Waals surface area contributed by atoms with E-state index in [0.29, 0.717) is 30.6 Å². The van der Waals surface area contributed by atoms with Crippen molar-refractivity contribution in [2.75, 3.05) is 11.9 Å². The zero-order chi connectivity index (χ0) is 29.3. The van der Waals surface area contributed by atoms with Gasteiger partial charge in [0.1, 0.15) is 23.4 Å². The number of phenolic OH excluding ortho intramolecular Hbond substituents is 1. The van der Waals surface area contributed by atoms with E-state index in [2.05, 4.69) is 10.6 Å². The van der Waals surface area contributed by atoms with Crippen LogP contribution >= 0.6 is 0 Å². The maximum atomic E-state index is 14.2. The lowest BCUT2D eigenvalue weighted by Gasteiger charge is -2.35. The SMILES string of the molecule is CCCCN(C(=O)C(CC(C)C)NC(=O)OC(C)(C)C)C(C(=O)Nc1c(C)cccc1C)c1ccc(O)cc1. The average molecular weight is 540 g/mol. The van der Waals surface area contributed by atoms with Crippen LogP contribution in [0.1, 0.15) is 83.5 Å². The van der Waals surface area contributed by atoms with Crippen molar-refractivity contribution < 1.29 is 24.2 Å². The van der Waals surface area contributed by atoms with E-state index in [-0.39, 0.29) is 23.5 Å². The van der Waals surface area contributed by atoms with E-state index >= 15 is 0 Å². The third-order valence-corrected chi connectivity index (χ3v) is 6.23. The largest absolute Gasteiger partial charge is 0.508 e. The topological polar surface area (TPSA) is 108 Å². The average Bonchev–Trinajstić information content (AvgIpc) is 2.82. The minimum absolute atomic E-state index is 0.0587. The lowest BCUT2D eigenvalue weighted by molar-refractivity contribution is -0.141. The molecule has 0 saturated heterocycles. The Morgan fingerprint density at radius 2 is 1.59 bits per heavy atom. The Labute approximate surface area is 233 Å². The minimum atomic E-state index is -0.987. The molecule has 0 aliphatic carbocycles. The third-order valence-electron chi connectivity index (χ3n) is 6.23. The first-order valence-corrected chi connectivity index (χ1v) is 13.7. The lowest BCUT2D eigenvalue weighted by Crippen LogP contribution is -2.53. The van der Waals surface area contributed by atoms with E-state index in [0.717, 1.165) is 17.5 Å². The van der Waals surface area contributed by atoms with Gasteiger partial charge in [-0.15, -0.1) is 0 Å². The first-order chi connectivity index (χ1) is 18.2. The van der Waals surface area contributed by atoms with Crippen LogP contribution in [0.2, 0.25) is 0 Å². The van der Waals surface area contributed by atoms with E-state index in [1.165, 1.54) is 12.1 Å². The minimum Gasteiger partial charge on any atom is -0.508 e. The normalized spacial score (nSPS) is 12.9. The monoisotopic (exact) mass is 539 g/mol. The smallest absolute Gasteiger partial charge is 0.408 e. The number of para-hydroxylation sites is 1. The maximum Gasteiger partial charge on any atom is 0.408 e. The van der Waals surface area contributed by atoms with Gasteiger partial charge >= 0.3 is 6.09 Å². The van der Waals surface area contributed by atoms with Gasteiger partial charge < -0.3 is 25.4 Å². The van der Waals surface area contributed by atoms with Crippen molar-refractivity contribution in [3.05, 3.63) is 59.2 Å². The van der Waals surface area contributed by atoms with E-state index in [4.69, 9.17) is 4.74 Å². The molecular weight excluding hydrogens is 494 g/mol. The van der Waals surface area contributed by atoms with Crippen LogP contribution in [0.3, 0.4) is 0 Å². The highest BCUT2D eigenvalue weighted by molar-refractivity contribution is 5.99. The van der Waals surface area contributed by atoms with E-state index in [1.807, 2.05) is 52.8 Å². The molecule has 8 nitrogen and oxygen atoms in total. The molecule has 0 heterocycles. The van der Waals surface area contributed by atoms with Crippen molar-refractivity contribution in [1.29, 1.82) is 0 Å². The highest BCUT2D eigenvalue weighted by atomic mass is 16.6. The fourth-order valence-electron chi connectivity index (χ4n) is 4.37. The van der Waals surface area contributed by atoms with Crippen LogP contribution in [0.5, 0.6) is 5.75 Å². The zero-order valence-electron chi connectivity index (χ0n) is 24.6. The molecule has 0 bridgehead atoms. The quantitative estimate of drug-likeness (QED) is 0.312. The number of aromatic hydroxyl groups is 1. The second-order valence-electron chi connectivity index (χ2n) is 11.5. The van der Waals surface area contributed by atoms with Gasteiger partial charge in [0, 0.05) is 12.2 Å². The number of unbranched alkanes of at least 4 members (excludes halogenated alkanes) is 1. The van der Waals surface area contributed by atoms with Crippen LogP contribution in [-0.2, 0) is 14.3 Å². The molecule has 0 aliphatic rings. The second-order valence-corrected chi connectivity index (χ2v) is 11.5. The second kappa shape index (κ2) is 14.0. The van der Waals surface area contributed by atoms with Crippen molar-refractivity contribution in [3.63, 3.8) is 0 Å². The summed E-state index contributed by atoms with van der Waals surface area (Å²) in [7, 11) is 0. The van der Waals surface area contributed by atoms with Gasteiger partial charge in [-0.3, -0.25) is 9.59 Å². The van der Waals surface area contributed by atoms with Gasteiger partial charge in [-0.05, 0) is 82.2 Å². The van der Waals surface area contributed by atoms with Gasteiger partial charge in [0.25, 0.3) is 5.91 Å². The molecule has 2 aromatic carbocycles. The Bertz CT molecular complexity index is 1100. The molecule has 0 radical (unpaired) electrons. The van der Waals surface area contributed by atoms with Crippen molar-refractivity contribution in [2.24, 2.45) is 5.92 Å². The van der Waals surface area contributed by atoms with Crippen LogP contribution in [-0.4, -0.2) is 46.1 Å². The molecule has 8 heteroatoms. The number of aryl methyl sites for hydroxylation is 2. The number of amides is 3. The van der Waals surface area contributed by atoms with Crippen molar-refractivity contribution in [1.82, 2.24) is 10.2 Å². The Morgan fingerprint density at radius 3 is 2.10 bits per heavy atom. The molecule has 0 spiro atoms. The summed E-state index contributed by atoms with van der Waals surface area (Å²) in [6, 6.07) is 10.2. The van der Waals surface area contributed by atoms with Gasteiger partial charge in [0.2, 0.25) is 5.91 Å². The fraction of sp³-hybridized carbons (Fsp3) is 0.516. The number of alkyl carbamates (subject to hydrolysis) is 1. The molecule has 2 aromatic rings. The molecule has 0 fully saturated rings. The maximum absolute atomic E-state index is 14.2. The number of nitrogens with one attached hydrogen (secondary N) is 2. The molecule has 3 amide bonds. The van der Waals surface area contributed by atoms with Gasteiger partial charge in [-0.25, -0.2) is 4.79 Å². The number of rotatable bonds is 11. The Kier molecular flexibility index (Phi) is 11.4. The van der Waals surface area contributed by atoms with Gasteiger partial charge in [-0.1, -0.05) is 57.5 Å². The molecule has 3 N–H and O–H groups in total. The van der Waals surface area contributed by atoms with Crippen molar-refractivity contribution in [2.45, 2.75) is 92.3 Å². The predicted octanol–water partition coefficient (Wildman–Crippen LogP) is 6.26. The van der Waals surface area contributed by atoms with Gasteiger partial charge in [0.15, 0.2) is 0 Å². The first kappa shape index (κ1) is 31.7. The van der Waals surface area contributed by atoms with Crippen molar-refractivity contribution in [3.8, 4) is 5.75 Å². The Balaban J connectivity index is 2.55. The number of ether oxygens (including phenoxy) is 1. The number of carbonyl (C=O) groups is 3. The highest BCUT2D eigenvalue weighted by Gasteiger charge is 2.36. The van der Waals surface area contributed by atoms with Gasteiger partial charge in [-0.2, -0.15) is 0 Å². The summed E-state index contributed by atoms with van der Waals surface area (Å²) < 4.78 is 5.44. The predicted molar refractivity (Wildman–Crippen MR) is 155 cm³/mol. The van der Waals surface area contributed by atoms with Crippen molar-refractivity contribution >= 4 is 23.6 Å². The summed E-state index contributed by atoms with van der Waals surface area (Å²) >= 11 is 0. The first-order valence-electron chi connectivity index (χ1n) is 13.7. The fourth-order valence-corrected chi connectivity index (χ4v) is 4.37.